The van der Waals surface area contributed by atoms with Gasteiger partial charge in [-0.05, 0) is 26.7 Å². The molecule has 19 heavy (non-hydrogen) atoms. The molecule has 0 spiro atoms. The molecular weight excluding hydrogens is 240 g/mol. The van der Waals surface area contributed by atoms with Gasteiger partial charge in [-0.3, -0.25) is 0 Å². The van der Waals surface area contributed by atoms with E-state index in [1.165, 1.54) is 12.8 Å². The molecule has 0 radical (unpaired) electrons. The van der Waals surface area contributed by atoms with E-state index in [1.54, 1.807) is 20.2 Å². The molecule has 4 nitrogen and oxygen atoms in total. The average molecular weight is 264 g/mol. The van der Waals surface area contributed by atoms with Gasteiger partial charge in [0.15, 0.2) is 5.82 Å². The standard InChI is InChI=1S/C15H24N2O2/c1-11-13(12(2)18)10-16-14(17-11)15(19-3)8-6-4-5-7-9-15/h10,12,18H,4-9H2,1-3H3/t12-/m0/s1. The SMILES string of the molecule is COC1(c2ncc([C@H](C)O)c(C)n2)CCCCCC1. The van der Waals surface area contributed by atoms with Crippen molar-refractivity contribution in [1.29, 1.82) is 0 Å². The molecule has 1 aromatic heterocycles. The van der Waals surface area contributed by atoms with Crippen LogP contribution in [0, 0.1) is 6.92 Å². The van der Waals surface area contributed by atoms with Crippen LogP contribution in [-0.2, 0) is 10.3 Å². The molecule has 0 bridgehead atoms. The average Bonchev–Trinajstić information content (AvgIpc) is 2.64. The minimum Gasteiger partial charge on any atom is -0.389 e. The molecule has 1 atom stereocenters. The van der Waals surface area contributed by atoms with Gasteiger partial charge in [0, 0.05) is 24.6 Å². The highest BCUT2D eigenvalue weighted by Crippen LogP contribution is 2.37. The number of hydrogen-bond donors (Lipinski definition) is 1. The maximum atomic E-state index is 9.66. The highest BCUT2D eigenvalue weighted by Gasteiger charge is 2.36. The minimum absolute atomic E-state index is 0.335. The van der Waals surface area contributed by atoms with Crippen molar-refractivity contribution in [3.63, 3.8) is 0 Å². The molecule has 1 aromatic rings. The zero-order chi connectivity index (χ0) is 13.9. The molecule has 0 unspecified atom stereocenters. The number of hydrogen-bond acceptors (Lipinski definition) is 4. The minimum atomic E-state index is -0.526. The van der Waals surface area contributed by atoms with Gasteiger partial charge in [-0.25, -0.2) is 9.97 Å². The Bertz CT molecular complexity index is 424. The Labute approximate surface area is 115 Å². The van der Waals surface area contributed by atoms with Crippen LogP contribution in [0.3, 0.4) is 0 Å². The van der Waals surface area contributed by atoms with Crippen molar-refractivity contribution in [2.75, 3.05) is 7.11 Å². The van der Waals surface area contributed by atoms with Gasteiger partial charge in [-0.15, -0.1) is 0 Å². The van der Waals surface area contributed by atoms with Gasteiger partial charge >= 0.3 is 0 Å². The fourth-order valence-electron chi connectivity index (χ4n) is 2.92. The van der Waals surface area contributed by atoms with Gasteiger partial charge in [0.25, 0.3) is 0 Å². The summed E-state index contributed by atoms with van der Waals surface area (Å²) in [7, 11) is 1.76. The highest BCUT2D eigenvalue weighted by atomic mass is 16.5. The van der Waals surface area contributed by atoms with E-state index in [9.17, 15) is 5.11 Å². The van der Waals surface area contributed by atoms with Crippen LogP contribution in [0.25, 0.3) is 0 Å². The van der Waals surface area contributed by atoms with E-state index < -0.39 is 6.10 Å². The van der Waals surface area contributed by atoms with Gasteiger partial charge < -0.3 is 9.84 Å². The molecule has 106 valence electrons. The fourth-order valence-corrected chi connectivity index (χ4v) is 2.92. The van der Waals surface area contributed by atoms with Crippen molar-refractivity contribution in [3.8, 4) is 0 Å². The number of aromatic nitrogens is 2. The number of methoxy groups -OCH3 is 1. The molecule has 2 rings (SSSR count). The van der Waals surface area contributed by atoms with Gasteiger partial charge in [0.2, 0.25) is 0 Å². The third-order valence-electron chi connectivity index (χ3n) is 4.18. The quantitative estimate of drug-likeness (QED) is 0.853. The second-order valence-electron chi connectivity index (χ2n) is 5.52. The summed E-state index contributed by atoms with van der Waals surface area (Å²) in [4.78, 5) is 9.08. The lowest BCUT2D eigenvalue weighted by molar-refractivity contribution is -0.0354. The second-order valence-corrected chi connectivity index (χ2v) is 5.52. The number of nitrogens with zero attached hydrogens (tertiary/aromatic N) is 2. The van der Waals surface area contributed by atoms with Crippen molar-refractivity contribution in [2.24, 2.45) is 0 Å². The van der Waals surface area contributed by atoms with Crippen molar-refractivity contribution in [3.05, 3.63) is 23.3 Å². The molecule has 4 heteroatoms. The summed E-state index contributed by atoms with van der Waals surface area (Å²) in [5.41, 5.74) is 1.31. The first kappa shape index (κ1) is 14.4. The Morgan fingerprint density at radius 3 is 2.37 bits per heavy atom. The summed E-state index contributed by atoms with van der Waals surface area (Å²) in [6, 6.07) is 0. The third kappa shape index (κ3) is 2.95. The molecule has 0 amide bonds. The molecule has 0 aromatic carbocycles. The second kappa shape index (κ2) is 5.97. The topological polar surface area (TPSA) is 55.2 Å². The molecule has 1 aliphatic rings. The Morgan fingerprint density at radius 1 is 1.26 bits per heavy atom. The maximum Gasteiger partial charge on any atom is 0.160 e. The van der Waals surface area contributed by atoms with E-state index in [1.807, 2.05) is 6.92 Å². The summed E-state index contributed by atoms with van der Waals surface area (Å²) in [6.07, 6.45) is 8.03. The maximum absolute atomic E-state index is 9.66. The molecule has 1 N–H and O–H groups in total. The summed E-state index contributed by atoms with van der Waals surface area (Å²) in [5.74, 6) is 0.777. The Morgan fingerprint density at radius 2 is 1.89 bits per heavy atom. The lowest BCUT2D eigenvalue weighted by Crippen LogP contribution is -2.31. The molecular formula is C15H24N2O2. The largest absolute Gasteiger partial charge is 0.389 e. The number of ether oxygens (including phenoxy) is 1. The number of aliphatic hydroxyl groups is 1. The van der Waals surface area contributed by atoms with Crippen LogP contribution in [0.1, 0.15) is 68.6 Å². The summed E-state index contributed by atoms with van der Waals surface area (Å²) in [6.45, 7) is 3.66. The Hall–Kier alpha value is -1.00. The van der Waals surface area contributed by atoms with Gasteiger partial charge in [0.1, 0.15) is 5.60 Å². The van der Waals surface area contributed by atoms with E-state index in [0.717, 1.165) is 42.8 Å². The zero-order valence-corrected chi connectivity index (χ0v) is 12.1. The van der Waals surface area contributed by atoms with Crippen LogP contribution >= 0.6 is 0 Å². The van der Waals surface area contributed by atoms with Crippen LogP contribution in [-0.4, -0.2) is 22.2 Å². The van der Waals surface area contributed by atoms with E-state index in [4.69, 9.17) is 4.74 Å². The third-order valence-corrected chi connectivity index (χ3v) is 4.18. The molecule has 1 fully saturated rings. The van der Waals surface area contributed by atoms with E-state index >= 15 is 0 Å². The molecule has 0 saturated heterocycles. The van der Waals surface area contributed by atoms with Crippen molar-refractivity contribution < 1.29 is 9.84 Å². The lowest BCUT2D eigenvalue weighted by atomic mass is 9.92. The van der Waals surface area contributed by atoms with Gasteiger partial charge in [-0.2, -0.15) is 0 Å². The molecule has 1 saturated carbocycles. The highest BCUT2D eigenvalue weighted by molar-refractivity contribution is 5.20. The zero-order valence-electron chi connectivity index (χ0n) is 12.1. The molecule has 0 aliphatic heterocycles. The van der Waals surface area contributed by atoms with E-state index in [-0.39, 0.29) is 5.60 Å². The van der Waals surface area contributed by atoms with E-state index in [2.05, 4.69) is 9.97 Å². The van der Waals surface area contributed by atoms with Crippen LogP contribution in [0.4, 0.5) is 0 Å². The van der Waals surface area contributed by atoms with Gasteiger partial charge in [0.05, 0.1) is 6.10 Å². The first-order valence-corrected chi connectivity index (χ1v) is 7.16. The predicted molar refractivity (Wildman–Crippen MR) is 73.8 cm³/mol. The molecule has 1 heterocycles. The number of aliphatic hydroxyl groups excluding tert-OH is 1. The van der Waals surface area contributed by atoms with Crippen molar-refractivity contribution >= 4 is 0 Å². The smallest absolute Gasteiger partial charge is 0.160 e. The van der Waals surface area contributed by atoms with Crippen LogP contribution in [0.5, 0.6) is 0 Å². The predicted octanol–water partition coefficient (Wildman–Crippen LogP) is 3.03. The van der Waals surface area contributed by atoms with Gasteiger partial charge in [-0.1, -0.05) is 25.7 Å². The van der Waals surface area contributed by atoms with Crippen molar-refractivity contribution in [1.82, 2.24) is 9.97 Å². The first-order chi connectivity index (χ1) is 9.09. The van der Waals surface area contributed by atoms with Crippen LogP contribution in [0.2, 0.25) is 0 Å². The Balaban J connectivity index is 2.35. The summed E-state index contributed by atoms with van der Waals surface area (Å²) >= 11 is 0. The van der Waals surface area contributed by atoms with Crippen LogP contribution in [0.15, 0.2) is 6.20 Å². The monoisotopic (exact) mass is 264 g/mol. The fraction of sp³-hybridized carbons (Fsp3) is 0.733. The first-order valence-electron chi connectivity index (χ1n) is 7.16. The summed E-state index contributed by atoms with van der Waals surface area (Å²) < 4.78 is 5.81. The van der Waals surface area contributed by atoms with Crippen molar-refractivity contribution in [2.45, 2.75) is 64.1 Å². The van der Waals surface area contributed by atoms with E-state index in [0.29, 0.717) is 0 Å². The summed E-state index contributed by atoms with van der Waals surface area (Å²) in [5, 5.41) is 9.66. The molecule has 1 aliphatic carbocycles. The van der Waals surface area contributed by atoms with Crippen LogP contribution < -0.4 is 0 Å². The number of aryl methyl sites for hydroxylation is 1. The normalized spacial score (nSPS) is 20.8. The number of rotatable bonds is 3. The Kier molecular flexibility index (Phi) is 4.53. The lowest BCUT2D eigenvalue weighted by Gasteiger charge is -2.30.